The molecular formula is C19H18N6O. The molecule has 0 radical (unpaired) electrons. The first kappa shape index (κ1) is 16.0. The van der Waals surface area contributed by atoms with Crippen molar-refractivity contribution in [3.8, 4) is 11.4 Å². The lowest BCUT2D eigenvalue weighted by atomic mass is 10.1. The van der Waals surface area contributed by atoms with Gasteiger partial charge in [0.25, 0.3) is 5.91 Å². The van der Waals surface area contributed by atoms with Gasteiger partial charge in [-0.25, -0.2) is 4.98 Å². The third-order valence-electron chi connectivity index (χ3n) is 4.46. The topological polar surface area (TPSA) is 77.6 Å². The van der Waals surface area contributed by atoms with E-state index in [-0.39, 0.29) is 5.91 Å². The van der Waals surface area contributed by atoms with Gasteiger partial charge in [-0.1, -0.05) is 12.1 Å². The highest BCUT2D eigenvalue weighted by Crippen LogP contribution is 2.22. The predicted molar refractivity (Wildman–Crippen MR) is 99.8 cm³/mol. The SMILES string of the molecule is Cc1nnc(-c2cccc(NC(=O)c3ccc4c(c3)ncn4C)c2)n1C. The lowest BCUT2D eigenvalue weighted by Gasteiger charge is -2.08. The second-order valence-corrected chi connectivity index (χ2v) is 6.22. The average molecular weight is 346 g/mol. The van der Waals surface area contributed by atoms with Crippen molar-refractivity contribution in [1.29, 1.82) is 0 Å². The van der Waals surface area contributed by atoms with Crippen molar-refractivity contribution in [2.75, 3.05) is 5.32 Å². The van der Waals surface area contributed by atoms with Gasteiger partial charge in [-0.2, -0.15) is 0 Å². The van der Waals surface area contributed by atoms with Gasteiger partial charge in [-0.15, -0.1) is 10.2 Å². The second kappa shape index (κ2) is 6.11. The summed E-state index contributed by atoms with van der Waals surface area (Å²) in [4.78, 5) is 16.9. The lowest BCUT2D eigenvalue weighted by Crippen LogP contribution is -2.12. The molecule has 2 aromatic heterocycles. The quantitative estimate of drug-likeness (QED) is 0.619. The molecule has 0 aliphatic heterocycles. The van der Waals surface area contributed by atoms with Gasteiger partial charge in [0.05, 0.1) is 17.4 Å². The number of benzene rings is 2. The first-order valence-electron chi connectivity index (χ1n) is 8.22. The third-order valence-corrected chi connectivity index (χ3v) is 4.46. The molecule has 0 spiro atoms. The van der Waals surface area contributed by atoms with Gasteiger partial charge in [0.1, 0.15) is 5.82 Å². The van der Waals surface area contributed by atoms with E-state index in [1.165, 1.54) is 0 Å². The van der Waals surface area contributed by atoms with Gasteiger partial charge in [0.2, 0.25) is 0 Å². The molecule has 0 saturated heterocycles. The first-order chi connectivity index (χ1) is 12.5. The zero-order valence-corrected chi connectivity index (χ0v) is 14.8. The Hall–Kier alpha value is -3.48. The smallest absolute Gasteiger partial charge is 0.255 e. The van der Waals surface area contributed by atoms with E-state index in [0.29, 0.717) is 11.3 Å². The number of nitrogens with zero attached hydrogens (tertiary/aromatic N) is 5. The normalized spacial score (nSPS) is 11.0. The summed E-state index contributed by atoms with van der Waals surface area (Å²) in [5, 5.41) is 11.2. The van der Waals surface area contributed by atoms with Gasteiger partial charge in [-0.05, 0) is 37.3 Å². The van der Waals surface area contributed by atoms with E-state index in [0.717, 1.165) is 28.2 Å². The van der Waals surface area contributed by atoms with Crippen molar-refractivity contribution in [2.45, 2.75) is 6.92 Å². The van der Waals surface area contributed by atoms with Gasteiger partial charge in [0.15, 0.2) is 5.82 Å². The minimum Gasteiger partial charge on any atom is -0.334 e. The minimum atomic E-state index is -0.177. The van der Waals surface area contributed by atoms with Crippen molar-refractivity contribution in [3.05, 3.63) is 60.2 Å². The van der Waals surface area contributed by atoms with Gasteiger partial charge in [0, 0.05) is 30.9 Å². The van der Waals surface area contributed by atoms with Crippen LogP contribution in [0.5, 0.6) is 0 Å². The number of aromatic nitrogens is 5. The van der Waals surface area contributed by atoms with Crippen LogP contribution in [0.25, 0.3) is 22.4 Å². The van der Waals surface area contributed by atoms with Gasteiger partial charge < -0.3 is 14.5 Å². The second-order valence-electron chi connectivity index (χ2n) is 6.22. The molecule has 0 aliphatic rings. The Bertz CT molecular complexity index is 1120. The number of hydrogen-bond donors (Lipinski definition) is 1. The summed E-state index contributed by atoms with van der Waals surface area (Å²) in [7, 11) is 3.84. The van der Waals surface area contributed by atoms with Crippen LogP contribution >= 0.6 is 0 Å². The molecule has 4 rings (SSSR count). The molecule has 26 heavy (non-hydrogen) atoms. The molecule has 130 valence electrons. The highest BCUT2D eigenvalue weighted by atomic mass is 16.1. The maximum atomic E-state index is 12.6. The minimum absolute atomic E-state index is 0.177. The van der Waals surface area contributed by atoms with E-state index in [4.69, 9.17) is 0 Å². The predicted octanol–water partition coefficient (Wildman–Crippen LogP) is 2.93. The molecule has 0 aliphatic carbocycles. The molecule has 0 atom stereocenters. The molecule has 0 saturated carbocycles. The largest absolute Gasteiger partial charge is 0.334 e. The Morgan fingerprint density at radius 2 is 1.92 bits per heavy atom. The van der Waals surface area contributed by atoms with Gasteiger partial charge >= 0.3 is 0 Å². The van der Waals surface area contributed by atoms with Crippen molar-refractivity contribution in [2.24, 2.45) is 14.1 Å². The fourth-order valence-corrected chi connectivity index (χ4v) is 2.88. The molecule has 0 bridgehead atoms. The van der Waals surface area contributed by atoms with E-state index < -0.39 is 0 Å². The van der Waals surface area contributed by atoms with Gasteiger partial charge in [-0.3, -0.25) is 4.79 Å². The summed E-state index contributed by atoms with van der Waals surface area (Å²) < 4.78 is 3.83. The number of rotatable bonds is 3. The summed E-state index contributed by atoms with van der Waals surface area (Å²) in [6.45, 7) is 1.90. The summed E-state index contributed by atoms with van der Waals surface area (Å²) in [5.74, 6) is 1.41. The summed E-state index contributed by atoms with van der Waals surface area (Å²) in [6, 6.07) is 13.1. The summed E-state index contributed by atoms with van der Waals surface area (Å²) in [6.07, 6.45) is 1.73. The van der Waals surface area contributed by atoms with Crippen LogP contribution in [-0.4, -0.2) is 30.2 Å². The monoisotopic (exact) mass is 346 g/mol. The van der Waals surface area contributed by atoms with Crippen LogP contribution in [0.4, 0.5) is 5.69 Å². The average Bonchev–Trinajstić information content (AvgIpc) is 3.18. The fourth-order valence-electron chi connectivity index (χ4n) is 2.88. The zero-order valence-electron chi connectivity index (χ0n) is 14.8. The maximum Gasteiger partial charge on any atom is 0.255 e. The molecule has 1 amide bonds. The third kappa shape index (κ3) is 2.73. The molecular weight excluding hydrogens is 328 g/mol. The van der Waals surface area contributed by atoms with Crippen LogP contribution in [-0.2, 0) is 14.1 Å². The Balaban J connectivity index is 1.61. The Morgan fingerprint density at radius 3 is 2.69 bits per heavy atom. The lowest BCUT2D eigenvalue weighted by molar-refractivity contribution is 0.102. The van der Waals surface area contributed by atoms with Crippen molar-refractivity contribution in [3.63, 3.8) is 0 Å². The van der Waals surface area contributed by atoms with E-state index in [1.54, 1.807) is 18.5 Å². The van der Waals surface area contributed by atoms with E-state index >= 15 is 0 Å². The Labute approximate surface area is 150 Å². The van der Waals surface area contributed by atoms with Crippen molar-refractivity contribution >= 4 is 22.6 Å². The first-order valence-corrected chi connectivity index (χ1v) is 8.22. The van der Waals surface area contributed by atoms with Crippen LogP contribution < -0.4 is 5.32 Å². The number of carbonyl (C=O) groups excluding carboxylic acids is 1. The van der Waals surface area contributed by atoms with E-state index in [1.807, 2.05) is 60.5 Å². The molecule has 7 heteroatoms. The number of amides is 1. The van der Waals surface area contributed by atoms with Crippen LogP contribution in [0.2, 0.25) is 0 Å². The summed E-state index contributed by atoms with van der Waals surface area (Å²) in [5.41, 5.74) is 3.95. The number of nitrogens with one attached hydrogen (secondary N) is 1. The fraction of sp³-hybridized carbons (Fsp3) is 0.158. The number of anilines is 1. The number of fused-ring (bicyclic) bond motifs is 1. The Morgan fingerprint density at radius 1 is 1.08 bits per heavy atom. The van der Waals surface area contributed by atoms with Crippen LogP contribution in [0, 0.1) is 6.92 Å². The van der Waals surface area contributed by atoms with Crippen LogP contribution in [0.15, 0.2) is 48.8 Å². The number of aryl methyl sites for hydroxylation is 2. The number of imidazole rings is 1. The molecule has 1 N–H and O–H groups in total. The van der Waals surface area contributed by atoms with Crippen LogP contribution in [0.3, 0.4) is 0 Å². The molecule has 7 nitrogen and oxygen atoms in total. The van der Waals surface area contributed by atoms with Crippen molar-refractivity contribution in [1.82, 2.24) is 24.3 Å². The maximum absolute atomic E-state index is 12.6. The van der Waals surface area contributed by atoms with Crippen LogP contribution in [0.1, 0.15) is 16.2 Å². The highest BCUT2D eigenvalue weighted by molar-refractivity contribution is 6.06. The molecule has 0 fully saturated rings. The number of carbonyl (C=O) groups is 1. The van der Waals surface area contributed by atoms with E-state index in [2.05, 4.69) is 20.5 Å². The molecule has 2 heterocycles. The number of hydrogen-bond acceptors (Lipinski definition) is 4. The highest BCUT2D eigenvalue weighted by Gasteiger charge is 2.11. The zero-order chi connectivity index (χ0) is 18.3. The van der Waals surface area contributed by atoms with Crippen molar-refractivity contribution < 1.29 is 4.79 Å². The molecule has 0 unspecified atom stereocenters. The molecule has 4 aromatic rings. The standard InChI is InChI=1S/C19H18N6O/c1-12-22-23-18(25(12)3)13-5-4-6-15(9-13)21-19(26)14-7-8-17-16(10-14)20-11-24(17)2/h4-11H,1-3H3,(H,21,26). The molecule has 2 aromatic carbocycles. The van der Waals surface area contributed by atoms with E-state index in [9.17, 15) is 4.79 Å². The summed E-state index contributed by atoms with van der Waals surface area (Å²) >= 11 is 0. The Kier molecular flexibility index (Phi) is 3.76.